The standard InChI is InChI=1S/C15H23BrN2O.2ClH/c1-15(2,3)14(18-8-6-17-7-9-18)11-4-5-13(19)12(16)10-11;;/h4-5,10,14,17,19H,6-9H2,1-3H3;2*1H/t14-;;/m1../s1. The Morgan fingerprint density at radius 2 is 1.76 bits per heavy atom. The predicted octanol–water partition coefficient (Wildman–Crippen LogP) is 3.99. The smallest absolute Gasteiger partial charge is 0.129 e. The van der Waals surface area contributed by atoms with Crippen LogP contribution in [0.1, 0.15) is 32.4 Å². The molecule has 1 aromatic carbocycles. The summed E-state index contributed by atoms with van der Waals surface area (Å²) in [6, 6.07) is 6.23. The van der Waals surface area contributed by atoms with Crippen molar-refractivity contribution in [3.8, 4) is 5.75 Å². The van der Waals surface area contributed by atoms with Crippen LogP contribution in [0.4, 0.5) is 0 Å². The maximum Gasteiger partial charge on any atom is 0.129 e. The molecule has 0 aliphatic carbocycles. The molecular formula is C15H25BrCl2N2O. The highest BCUT2D eigenvalue weighted by Crippen LogP contribution is 2.40. The second kappa shape index (κ2) is 8.59. The molecule has 0 spiro atoms. The number of rotatable bonds is 2. The largest absolute Gasteiger partial charge is 0.507 e. The number of benzene rings is 1. The topological polar surface area (TPSA) is 35.5 Å². The third-order valence-electron chi connectivity index (χ3n) is 3.62. The molecule has 3 nitrogen and oxygen atoms in total. The van der Waals surface area contributed by atoms with Crippen molar-refractivity contribution < 1.29 is 5.11 Å². The van der Waals surface area contributed by atoms with E-state index in [9.17, 15) is 5.11 Å². The van der Waals surface area contributed by atoms with Crippen molar-refractivity contribution in [2.75, 3.05) is 26.2 Å². The van der Waals surface area contributed by atoms with Gasteiger partial charge in [0.15, 0.2) is 0 Å². The lowest BCUT2D eigenvalue weighted by Gasteiger charge is -2.42. The van der Waals surface area contributed by atoms with Gasteiger partial charge >= 0.3 is 0 Å². The molecule has 0 radical (unpaired) electrons. The molecule has 1 aromatic rings. The van der Waals surface area contributed by atoms with E-state index in [0.717, 1.165) is 30.7 Å². The van der Waals surface area contributed by atoms with Crippen LogP contribution >= 0.6 is 40.7 Å². The Kier molecular flexibility index (Phi) is 8.59. The van der Waals surface area contributed by atoms with Crippen molar-refractivity contribution >= 4 is 40.7 Å². The van der Waals surface area contributed by atoms with E-state index in [2.05, 4.69) is 46.9 Å². The van der Waals surface area contributed by atoms with Crippen molar-refractivity contribution in [2.24, 2.45) is 5.41 Å². The van der Waals surface area contributed by atoms with Crippen molar-refractivity contribution in [2.45, 2.75) is 26.8 Å². The highest BCUT2D eigenvalue weighted by atomic mass is 79.9. The van der Waals surface area contributed by atoms with Gasteiger partial charge < -0.3 is 10.4 Å². The molecule has 1 heterocycles. The lowest BCUT2D eigenvalue weighted by Crippen LogP contribution is -2.48. The summed E-state index contributed by atoms with van der Waals surface area (Å²) < 4.78 is 0.773. The molecule has 0 amide bonds. The summed E-state index contributed by atoms with van der Waals surface area (Å²) in [6.07, 6.45) is 0. The Morgan fingerprint density at radius 1 is 1.19 bits per heavy atom. The summed E-state index contributed by atoms with van der Waals surface area (Å²) in [5.74, 6) is 0.303. The Hall–Kier alpha value is -0.000000000000000111. The first-order chi connectivity index (χ1) is 8.89. The zero-order valence-corrected chi connectivity index (χ0v) is 15.9. The summed E-state index contributed by atoms with van der Waals surface area (Å²) in [7, 11) is 0. The quantitative estimate of drug-likeness (QED) is 0.788. The third kappa shape index (κ3) is 5.29. The van der Waals surface area contributed by atoms with Gasteiger partial charge in [-0.3, -0.25) is 4.90 Å². The van der Waals surface area contributed by atoms with Gasteiger partial charge in [-0.1, -0.05) is 26.8 Å². The summed E-state index contributed by atoms with van der Waals surface area (Å²) in [6.45, 7) is 11.1. The second-order valence-corrected chi connectivity index (χ2v) is 7.12. The average Bonchev–Trinajstić information content (AvgIpc) is 2.34. The maximum absolute atomic E-state index is 9.67. The molecule has 21 heavy (non-hydrogen) atoms. The number of phenols is 1. The summed E-state index contributed by atoms with van der Waals surface area (Å²) in [4.78, 5) is 2.54. The Morgan fingerprint density at radius 3 is 2.24 bits per heavy atom. The van der Waals surface area contributed by atoms with Crippen LogP contribution < -0.4 is 5.32 Å². The molecular weight excluding hydrogens is 375 g/mol. The van der Waals surface area contributed by atoms with E-state index in [1.165, 1.54) is 5.56 Å². The van der Waals surface area contributed by atoms with Gasteiger partial charge in [0.25, 0.3) is 0 Å². The van der Waals surface area contributed by atoms with Gasteiger partial charge in [-0.25, -0.2) is 0 Å². The van der Waals surface area contributed by atoms with Crippen molar-refractivity contribution in [1.82, 2.24) is 10.2 Å². The van der Waals surface area contributed by atoms with Gasteiger partial charge in [-0.2, -0.15) is 0 Å². The molecule has 0 aromatic heterocycles. The van der Waals surface area contributed by atoms with E-state index in [1.54, 1.807) is 6.07 Å². The minimum absolute atomic E-state index is 0. The van der Waals surface area contributed by atoms with Crippen LogP contribution in [0, 0.1) is 5.41 Å². The van der Waals surface area contributed by atoms with E-state index >= 15 is 0 Å². The lowest BCUT2D eigenvalue weighted by molar-refractivity contribution is 0.0861. The molecule has 2 N–H and O–H groups in total. The van der Waals surface area contributed by atoms with Gasteiger partial charge in [0.1, 0.15) is 5.75 Å². The SMILES string of the molecule is CC(C)(C)[C@@H](c1ccc(O)c(Br)c1)N1CCNCC1.Cl.Cl. The van der Waals surface area contributed by atoms with Crippen molar-refractivity contribution in [3.05, 3.63) is 28.2 Å². The third-order valence-corrected chi connectivity index (χ3v) is 4.26. The number of phenolic OH excluding ortho intramolecular Hbond substituents is 1. The first kappa shape index (κ1) is 21.0. The van der Waals surface area contributed by atoms with E-state index in [1.807, 2.05) is 12.1 Å². The Labute approximate surface area is 148 Å². The lowest BCUT2D eigenvalue weighted by atomic mass is 9.81. The Balaban J connectivity index is 0.00000200. The molecule has 1 saturated heterocycles. The molecule has 1 aliphatic rings. The number of piperazine rings is 1. The Bertz CT molecular complexity index is 446. The molecule has 1 fully saturated rings. The molecule has 1 aliphatic heterocycles. The van der Waals surface area contributed by atoms with Crippen LogP contribution in [-0.2, 0) is 0 Å². The molecule has 0 saturated carbocycles. The first-order valence-corrected chi connectivity index (χ1v) is 7.62. The van der Waals surface area contributed by atoms with Crippen LogP contribution in [0.25, 0.3) is 0 Å². The monoisotopic (exact) mass is 398 g/mol. The fourth-order valence-electron chi connectivity index (χ4n) is 2.89. The number of halogens is 3. The molecule has 122 valence electrons. The average molecular weight is 400 g/mol. The van der Waals surface area contributed by atoms with Crippen LogP contribution in [0.5, 0.6) is 5.75 Å². The van der Waals surface area contributed by atoms with Gasteiger partial charge in [0.2, 0.25) is 0 Å². The second-order valence-electron chi connectivity index (χ2n) is 6.27. The normalized spacial score (nSPS) is 17.5. The number of hydrogen-bond donors (Lipinski definition) is 2. The van der Waals surface area contributed by atoms with Crippen molar-refractivity contribution in [3.63, 3.8) is 0 Å². The minimum atomic E-state index is 0. The van der Waals surface area contributed by atoms with Crippen LogP contribution in [0.2, 0.25) is 0 Å². The van der Waals surface area contributed by atoms with Gasteiger partial charge in [0.05, 0.1) is 4.47 Å². The summed E-state index contributed by atoms with van der Waals surface area (Å²) in [5, 5.41) is 13.1. The molecule has 0 unspecified atom stereocenters. The highest BCUT2D eigenvalue weighted by molar-refractivity contribution is 9.10. The van der Waals surface area contributed by atoms with Gasteiger partial charge in [-0.15, -0.1) is 24.8 Å². The molecule has 1 atom stereocenters. The van der Waals surface area contributed by atoms with Gasteiger partial charge in [-0.05, 0) is 39.0 Å². The fraction of sp³-hybridized carbons (Fsp3) is 0.600. The highest BCUT2D eigenvalue weighted by Gasteiger charge is 2.32. The van der Waals surface area contributed by atoms with E-state index in [-0.39, 0.29) is 30.2 Å². The van der Waals surface area contributed by atoms with Gasteiger partial charge in [0, 0.05) is 32.2 Å². The van der Waals surface area contributed by atoms with E-state index in [4.69, 9.17) is 0 Å². The van der Waals surface area contributed by atoms with E-state index in [0.29, 0.717) is 11.8 Å². The predicted molar refractivity (Wildman–Crippen MR) is 96.9 cm³/mol. The molecule has 0 bridgehead atoms. The minimum Gasteiger partial charge on any atom is -0.507 e. The zero-order valence-electron chi connectivity index (χ0n) is 12.7. The summed E-state index contributed by atoms with van der Waals surface area (Å²) in [5.41, 5.74) is 1.42. The van der Waals surface area contributed by atoms with Crippen molar-refractivity contribution in [1.29, 1.82) is 0 Å². The maximum atomic E-state index is 9.67. The number of nitrogens with zero attached hydrogens (tertiary/aromatic N) is 1. The van der Waals surface area contributed by atoms with E-state index < -0.39 is 0 Å². The zero-order chi connectivity index (χ0) is 14.0. The fourth-order valence-corrected chi connectivity index (χ4v) is 3.29. The van der Waals surface area contributed by atoms with Crippen LogP contribution in [0.3, 0.4) is 0 Å². The molecule has 2 rings (SSSR count). The molecule has 6 heteroatoms. The number of aromatic hydroxyl groups is 1. The van der Waals surface area contributed by atoms with Crippen LogP contribution in [0.15, 0.2) is 22.7 Å². The van der Waals surface area contributed by atoms with Crippen LogP contribution in [-0.4, -0.2) is 36.2 Å². The number of hydrogen-bond acceptors (Lipinski definition) is 3. The first-order valence-electron chi connectivity index (χ1n) is 6.83. The summed E-state index contributed by atoms with van der Waals surface area (Å²) >= 11 is 3.42. The number of nitrogens with one attached hydrogen (secondary N) is 1.